The van der Waals surface area contributed by atoms with Crippen LogP contribution in [-0.2, 0) is 16.9 Å². The standard InChI is InChI=1S/C15H16F2N2O4S/c1-19-8-4-6-11(19)12(20)9-18-14(21)10-5-2-3-7-13(10)24(22,23)15(16)17/h2-8,12,15,20H,9H2,1H3,(H,18,21). The van der Waals surface area contributed by atoms with Crippen molar-refractivity contribution in [2.24, 2.45) is 7.05 Å². The van der Waals surface area contributed by atoms with Crippen molar-refractivity contribution in [1.29, 1.82) is 0 Å². The third-order valence-corrected chi connectivity index (χ3v) is 4.89. The maximum atomic E-state index is 12.7. The van der Waals surface area contributed by atoms with Gasteiger partial charge in [-0.05, 0) is 24.3 Å². The van der Waals surface area contributed by atoms with Crippen LogP contribution in [-0.4, -0.2) is 36.3 Å². The molecule has 24 heavy (non-hydrogen) atoms. The van der Waals surface area contributed by atoms with Gasteiger partial charge in [0.1, 0.15) is 6.10 Å². The van der Waals surface area contributed by atoms with Gasteiger partial charge in [0.15, 0.2) is 0 Å². The molecule has 2 rings (SSSR count). The van der Waals surface area contributed by atoms with Gasteiger partial charge in [0.2, 0.25) is 9.84 Å². The summed E-state index contributed by atoms with van der Waals surface area (Å²) in [4.78, 5) is 11.4. The lowest BCUT2D eigenvalue weighted by atomic mass is 10.2. The number of hydrogen-bond donors (Lipinski definition) is 2. The van der Waals surface area contributed by atoms with Crippen LogP contribution in [0.5, 0.6) is 0 Å². The molecular formula is C15H16F2N2O4S. The highest BCUT2D eigenvalue weighted by Crippen LogP contribution is 2.22. The van der Waals surface area contributed by atoms with E-state index in [2.05, 4.69) is 5.32 Å². The van der Waals surface area contributed by atoms with Gasteiger partial charge < -0.3 is 15.0 Å². The van der Waals surface area contributed by atoms with Crippen molar-refractivity contribution in [3.63, 3.8) is 0 Å². The van der Waals surface area contributed by atoms with Crippen LogP contribution in [0.3, 0.4) is 0 Å². The zero-order valence-corrected chi connectivity index (χ0v) is 13.5. The second-order valence-corrected chi connectivity index (χ2v) is 6.96. The molecule has 1 aromatic heterocycles. The number of aromatic nitrogens is 1. The summed E-state index contributed by atoms with van der Waals surface area (Å²) in [7, 11) is -3.19. The molecule has 0 radical (unpaired) electrons. The fraction of sp³-hybridized carbons (Fsp3) is 0.267. The van der Waals surface area contributed by atoms with E-state index in [1.54, 1.807) is 29.9 Å². The SMILES string of the molecule is Cn1cccc1C(O)CNC(=O)c1ccccc1S(=O)(=O)C(F)F. The molecule has 6 nitrogen and oxygen atoms in total. The second kappa shape index (κ2) is 7.10. The van der Waals surface area contributed by atoms with Crippen molar-refractivity contribution >= 4 is 15.7 Å². The number of hydrogen-bond acceptors (Lipinski definition) is 4. The van der Waals surface area contributed by atoms with Gasteiger partial charge in [0.05, 0.1) is 10.5 Å². The van der Waals surface area contributed by atoms with E-state index in [4.69, 9.17) is 0 Å². The van der Waals surface area contributed by atoms with Crippen LogP contribution in [0.15, 0.2) is 47.5 Å². The lowest BCUT2D eigenvalue weighted by Gasteiger charge is -2.14. The number of aryl methyl sites for hydroxylation is 1. The van der Waals surface area contributed by atoms with Gasteiger partial charge in [-0.2, -0.15) is 8.78 Å². The molecule has 0 saturated carbocycles. The number of halogens is 2. The summed E-state index contributed by atoms with van der Waals surface area (Å²) in [5.74, 6) is -4.48. The lowest BCUT2D eigenvalue weighted by Crippen LogP contribution is -2.30. The summed E-state index contributed by atoms with van der Waals surface area (Å²) >= 11 is 0. The Morgan fingerprint density at radius 3 is 2.50 bits per heavy atom. The smallest absolute Gasteiger partial charge is 0.341 e. The first-order chi connectivity index (χ1) is 11.2. The van der Waals surface area contributed by atoms with Crippen molar-refractivity contribution < 1.29 is 27.1 Å². The first-order valence-corrected chi connectivity index (χ1v) is 8.48. The molecule has 0 spiro atoms. The molecule has 1 unspecified atom stereocenters. The van der Waals surface area contributed by atoms with E-state index in [1.807, 2.05) is 0 Å². The first kappa shape index (κ1) is 18.1. The minimum Gasteiger partial charge on any atom is -0.385 e. The topological polar surface area (TPSA) is 88.4 Å². The van der Waals surface area contributed by atoms with Crippen molar-refractivity contribution in [3.05, 3.63) is 53.9 Å². The van der Waals surface area contributed by atoms with Crippen molar-refractivity contribution in [3.8, 4) is 0 Å². The molecule has 1 atom stereocenters. The minimum atomic E-state index is -4.90. The van der Waals surface area contributed by atoms with Crippen LogP contribution in [0.2, 0.25) is 0 Å². The molecule has 1 amide bonds. The Hall–Kier alpha value is -2.26. The molecule has 2 N–H and O–H groups in total. The molecule has 0 saturated heterocycles. The van der Waals surface area contributed by atoms with Crippen LogP contribution in [0.1, 0.15) is 22.2 Å². The van der Waals surface area contributed by atoms with Gasteiger partial charge in [0.25, 0.3) is 5.91 Å². The van der Waals surface area contributed by atoms with E-state index in [1.165, 1.54) is 12.1 Å². The van der Waals surface area contributed by atoms with Crippen LogP contribution in [0.25, 0.3) is 0 Å². The Labute approximate surface area is 137 Å². The average Bonchev–Trinajstić information content (AvgIpc) is 2.98. The fourth-order valence-electron chi connectivity index (χ4n) is 2.21. The van der Waals surface area contributed by atoms with E-state index in [9.17, 15) is 27.1 Å². The van der Waals surface area contributed by atoms with Gasteiger partial charge in [0, 0.05) is 25.5 Å². The zero-order chi connectivity index (χ0) is 17.9. The Bertz CT molecular complexity index is 834. The fourth-order valence-corrected chi connectivity index (χ4v) is 3.14. The maximum absolute atomic E-state index is 12.7. The van der Waals surface area contributed by atoms with Crippen LogP contribution >= 0.6 is 0 Å². The number of alkyl halides is 2. The van der Waals surface area contributed by atoms with E-state index >= 15 is 0 Å². The quantitative estimate of drug-likeness (QED) is 0.819. The molecule has 9 heteroatoms. The lowest BCUT2D eigenvalue weighted by molar-refractivity contribution is 0.0909. The normalized spacial score (nSPS) is 13.0. The minimum absolute atomic E-state index is 0.195. The van der Waals surface area contributed by atoms with E-state index < -0.39 is 38.1 Å². The highest BCUT2D eigenvalue weighted by atomic mass is 32.2. The number of nitrogens with zero attached hydrogens (tertiary/aromatic N) is 1. The largest absolute Gasteiger partial charge is 0.385 e. The molecule has 0 aliphatic heterocycles. The summed E-state index contributed by atoms with van der Waals surface area (Å²) in [6.45, 7) is -0.195. The summed E-state index contributed by atoms with van der Waals surface area (Å²) in [5, 5.41) is 12.4. The molecule has 1 heterocycles. The number of carbonyl (C=O) groups excluding carboxylic acids is 1. The molecule has 0 aliphatic carbocycles. The number of benzene rings is 1. The van der Waals surface area contributed by atoms with E-state index in [0.29, 0.717) is 5.69 Å². The van der Waals surface area contributed by atoms with Crippen molar-refractivity contribution in [1.82, 2.24) is 9.88 Å². The van der Waals surface area contributed by atoms with Crippen LogP contribution < -0.4 is 5.32 Å². The van der Waals surface area contributed by atoms with Crippen LogP contribution in [0, 0.1) is 0 Å². The van der Waals surface area contributed by atoms with E-state index in [-0.39, 0.29) is 6.54 Å². The summed E-state index contributed by atoms with van der Waals surface area (Å²) in [5.41, 5.74) is 0.153. The second-order valence-electron chi connectivity index (χ2n) is 5.07. The van der Waals surface area contributed by atoms with Crippen molar-refractivity contribution in [2.45, 2.75) is 16.8 Å². The predicted octanol–water partition coefficient (Wildman–Crippen LogP) is 1.48. The predicted molar refractivity (Wildman–Crippen MR) is 82.3 cm³/mol. The Balaban J connectivity index is 2.18. The average molecular weight is 358 g/mol. The number of aliphatic hydroxyl groups is 1. The highest BCUT2D eigenvalue weighted by Gasteiger charge is 2.30. The van der Waals surface area contributed by atoms with Crippen LogP contribution in [0.4, 0.5) is 8.78 Å². The Morgan fingerprint density at radius 2 is 1.92 bits per heavy atom. The van der Waals surface area contributed by atoms with Gasteiger partial charge in [-0.1, -0.05) is 12.1 Å². The molecule has 0 aliphatic rings. The first-order valence-electron chi connectivity index (χ1n) is 6.93. The van der Waals surface area contributed by atoms with Gasteiger partial charge >= 0.3 is 5.76 Å². The number of sulfone groups is 1. The number of carbonyl (C=O) groups is 1. The van der Waals surface area contributed by atoms with Gasteiger partial charge in [-0.15, -0.1) is 0 Å². The van der Waals surface area contributed by atoms with Crippen molar-refractivity contribution in [2.75, 3.05) is 6.54 Å². The summed E-state index contributed by atoms with van der Waals surface area (Å²) < 4.78 is 50.4. The monoisotopic (exact) mass is 358 g/mol. The molecular weight excluding hydrogens is 342 g/mol. The molecule has 0 fully saturated rings. The number of amides is 1. The third kappa shape index (κ3) is 3.62. The summed E-state index contributed by atoms with van der Waals surface area (Å²) in [6.07, 6.45) is 0.693. The van der Waals surface area contributed by atoms with Gasteiger partial charge in [-0.25, -0.2) is 8.42 Å². The van der Waals surface area contributed by atoms with Gasteiger partial charge in [-0.3, -0.25) is 4.79 Å². The maximum Gasteiger partial charge on any atom is 0.341 e. The zero-order valence-electron chi connectivity index (χ0n) is 12.7. The van der Waals surface area contributed by atoms with E-state index in [0.717, 1.165) is 12.1 Å². The Kier molecular flexibility index (Phi) is 5.35. The molecule has 2 aromatic rings. The molecule has 0 bridgehead atoms. The molecule has 130 valence electrons. The highest BCUT2D eigenvalue weighted by molar-refractivity contribution is 7.91. The number of nitrogens with one attached hydrogen (secondary N) is 1. The number of aliphatic hydroxyl groups excluding tert-OH is 1. The number of rotatable bonds is 6. The Morgan fingerprint density at radius 1 is 1.25 bits per heavy atom. The third-order valence-electron chi connectivity index (χ3n) is 3.45. The molecule has 1 aromatic carbocycles. The summed E-state index contributed by atoms with van der Waals surface area (Å²) in [6, 6.07) is 8.08.